The van der Waals surface area contributed by atoms with Crippen LogP contribution in [0.25, 0.3) is 23.5 Å². The largest absolute Gasteiger partial charge is 0.282 e. The van der Waals surface area contributed by atoms with E-state index in [-0.39, 0.29) is 0 Å². The summed E-state index contributed by atoms with van der Waals surface area (Å²) in [4.78, 5) is 7.03. The van der Waals surface area contributed by atoms with Gasteiger partial charge in [-0.15, -0.1) is 11.3 Å². The van der Waals surface area contributed by atoms with Gasteiger partial charge in [-0.25, -0.2) is 0 Å². The lowest BCUT2D eigenvalue weighted by Gasteiger charge is -1.96. The first kappa shape index (κ1) is 12.8. The van der Waals surface area contributed by atoms with E-state index in [0.717, 1.165) is 22.6 Å². The van der Waals surface area contributed by atoms with Gasteiger partial charge in [0.1, 0.15) is 5.69 Å². The van der Waals surface area contributed by atoms with Gasteiger partial charge in [0.25, 0.3) is 0 Å². The summed E-state index contributed by atoms with van der Waals surface area (Å²) in [5, 5.41) is 7.14. The number of aryl methyl sites for hydroxylation is 2. The number of hydrogen-bond acceptors (Lipinski definition) is 3. The summed E-state index contributed by atoms with van der Waals surface area (Å²) in [7, 11) is 0. The predicted octanol–water partition coefficient (Wildman–Crippen LogP) is 4.32. The van der Waals surface area contributed by atoms with Crippen molar-refractivity contribution in [2.75, 3.05) is 0 Å². The molecule has 0 saturated heterocycles. The molecule has 20 heavy (non-hydrogen) atoms. The Morgan fingerprint density at radius 2 is 1.95 bits per heavy atom. The zero-order valence-electron chi connectivity index (χ0n) is 11.4. The van der Waals surface area contributed by atoms with Crippen LogP contribution in [0, 0.1) is 13.8 Å². The molecule has 0 amide bonds. The highest BCUT2D eigenvalue weighted by atomic mass is 32.1. The number of nitrogens with one attached hydrogen (secondary N) is 1. The first-order chi connectivity index (χ1) is 9.70. The maximum atomic E-state index is 4.45. The van der Waals surface area contributed by atoms with Crippen molar-refractivity contribution in [3.05, 3.63) is 57.5 Å². The summed E-state index contributed by atoms with van der Waals surface area (Å²) < 4.78 is 0. The summed E-state index contributed by atoms with van der Waals surface area (Å²) in [6.45, 7) is 4.10. The Morgan fingerprint density at radius 3 is 2.55 bits per heavy atom. The third-order valence-electron chi connectivity index (χ3n) is 2.96. The van der Waals surface area contributed by atoms with Gasteiger partial charge in [-0.2, -0.15) is 5.10 Å². The van der Waals surface area contributed by atoms with E-state index in [1.165, 1.54) is 9.75 Å². The van der Waals surface area contributed by atoms with Crippen LogP contribution in [0.15, 0.2) is 36.5 Å². The zero-order valence-corrected chi connectivity index (χ0v) is 12.2. The average Bonchev–Trinajstić information content (AvgIpc) is 3.06. The maximum Gasteiger partial charge on any atom is 0.111 e. The summed E-state index contributed by atoms with van der Waals surface area (Å²) in [6.07, 6.45) is 6.07. The van der Waals surface area contributed by atoms with Crippen LogP contribution in [0.2, 0.25) is 0 Å². The lowest BCUT2D eigenvalue weighted by atomic mass is 10.2. The van der Waals surface area contributed by atoms with Crippen LogP contribution < -0.4 is 0 Å². The fraction of sp³-hybridized carbons (Fsp3) is 0.125. The second-order valence-electron chi connectivity index (χ2n) is 4.69. The summed E-state index contributed by atoms with van der Waals surface area (Å²) in [5.41, 5.74) is 3.90. The van der Waals surface area contributed by atoms with E-state index in [1.54, 1.807) is 11.3 Å². The third kappa shape index (κ3) is 2.86. The minimum absolute atomic E-state index is 0.881. The van der Waals surface area contributed by atoms with Gasteiger partial charge < -0.3 is 0 Å². The van der Waals surface area contributed by atoms with E-state index in [2.05, 4.69) is 52.5 Å². The molecular formula is C16H15N3S. The fourth-order valence-electron chi connectivity index (χ4n) is 1.93. The van der Waals surface area contributed by atoms with E-state index in [0.29, 0.717) is 0 Å². The van der Waals surface area contributed by atoms with Crippen molar-refractivity contribution in [1.29, 1.82) is 0 Å². The van der Waals surface area contributed by atoms with Crippen LogP contribution in [0.5, 0.6) is 0 Å². The molecule has 3 heterocycles. The molecule has 0 fully saturated rings. The summed E-state index contributed by atoms with van der Waals surface area (Å²) >= 11 is 1.79. The summed E-state index contributed by atoms with van der Waals surface area (Å²) in [5.74, 6) is 0. The molecule has 0 saturated carbocycles. The quantitative estimate of drug-likeness (QED) is 0.776. The topological polar surface area (TPSA) is 41.6 Å². The van der Waals surface area contributed by atoms with Gasteiger partial charge in [0.05, 0.1) is 5.69 Å². The van der Waals surface area contributed by atoms with Crippen molar-refractivity contribution in [2.45, 2.75) is 13.8 Å². The van der Waals surface area contributed by atoms with Gasteiger partial charge in [-0.05, 0) is 49.8 Å². The Hall–Kier alpha value is -2.20. The molecule has 3 aromatic rings. The molecule has 0 atom stereocenters. The van der Waals surface area contributed by atoms with Gasteiger partial charge >= 0.3 is 0 Å². The zero-order chi connectivity index (χ0) is 13.9. The molecule has 1 N–H and O–H groups in total. The number of pyridine rings is 1. The molecule has 3 aromatic heterocycles. The lowest BCUT2D eigenvalue weighted by Crippen LogP contribution is -1.84. The van der Waals surface area contributed by atoms with Gasteiger partial charge in [0, 0.05) is 21.6 Å². The minimum atomic E-state index is 0.881. The second-order valence-corrected chi connectivity index (χ2v) is 6.01. The number of hydrogen-bond donors (Lipinski definition) is 1. The molecule has 0 aliphatic rings. The lowest BCUT2D eigenvalue weighted by molar-refractivity contribution is 1.04. The number of aromatic nitrogens is 3. The molecule has 100 valence electrons. The SMILES string of the molecule is Cc1cc(-c2ccc(/C=C/c3ccc(C)s3)cn2)n[nH]1. The van der Waals surface area contributed by atoms with E-state index in [1.807, 2.05) is 25.3 Å². The average molecular weight is 281 g/mol. The molecule has 0 aliphatic heterocycles. The second kappa shape index (κ2) is 5.43. The van der Waals surface area contributed by atoms with E-state index in [4.69, 9.17) is 0 Å². The van der Waals surface area contributed by atoms with Crippen molar-refractivity contribution in [3.8, 4) is 11.4 Å². The highest BCUT2D eigenvalue weighted by Crippen LogP contribution is 2.19. The van der Waals surface area contributed by atoms with Gasteiger partial charge in [0.15, 0.2) is 0 Å². The Bertz CT molecular complexity index is 735. The molecule has 0 unspecified atom stereocenters. The molecule has 0 spiro atoms. The molecule has 3 rings (SSSR count). The van der Waals surface area contributed by atoms with E-state index >= 15 is 0 Å². The Labute approximate surface area is 122 Å². The number of rotatable bonds is 3. The summed E-state index contributed by atoms with van der Waals surface area (Å²) in [6, 6.07) is 10.3. The molecule has 4 heteroatoms. The number of H-pyrrole nitrogens is 1. The van der Waals surface area contributed by atoms with Crippen molar-refractivity contribution in [3.63, 3.8) is 0 Å². The van der Waals surface area contributed by atoms with Crippen LogP contribution in [0.4, 0.5) is 0 Å². The van der Waals surface area contributed by atoms with Crippen LogP contribution in [0.3, 0.4) is 0 Å². The fourth-order valence-corrected chi connectivity index (χ4v) is 2.71. The predicted molar refractivity (Wildman–Crippen MR) is 84.5 cm³/mol. The number of thiophene rings is 1. The Kier molecular flexibility index (Phi) is 3.48. The Balaban J connectivity index is 1.78. The van der Waals surface area contributed by atoms with Crippen LogP contribution in [-0.4, -0.2) is 15.2 Å². The molecular weight excluding hydrogens is 266 g/mol. The molecule has 3 nitrogen and oxygen atoms in total. The molecule has 0 aromatic carbocycles. The highest BCUT2D eigenvalue weighted by molar-refractivity contribution is 7.12. The van der Waals surface area contributed by atoms with Gasteiger partial charge in [0.2, 0.25) is 0 Å². The number of aromatic amines is 1. The van der Waals surface area contributed by atoms with Crippen molar-refractivity contribution >= 4 is 23.5 Å². The van der Waals surface area contributed by atoms with E-state index in [9.17, 15) is 0 Å². The molecule has 0 bridgehead atoms. The van der Waals surface area contributed by atoms with E-state index < -0.39 is 0 Å². The smallest absolute Gasteiger partial charge is 0.111 e. The van der Waals surface area contributed by atoms with Crippen LogP contribution in [-0.2, 0) is 0 Å². The van der Waals surface area contributed by atoms with Crippen molar-refractivity contribution < 1.29 is 0 Å². The van der Waals surface area contributed by atoms with Crippen molar-refractivity contribution in [2.24, 2.45) is 0 Å². The van der Waals surface area contributed by atoms with Crippen LogP contribution in [0.1, 0.15) is 21.0 Å². The normalized spacial score (nSPS) is 11.3. The van der Waals surface area contributed by atoms with Crippen molar-refractivity contribution in [1.82, 2.24) is 15.2 Å². The first-order valence-corrected chi connectivity index (χ1v) is 7.25. The van der Waals surface area contributed by atoms with Gasteiger partial charge in [-0.1, -0.05) is 12.1 Å². The van der Waals surface area contributed by atoms with Crippen LogP contribution >= 0.6 is 11.3 Å². The monoisotopic (exact) mass is 281 g/mol. The van der Waals surface area contributed by atoms with Gasteiger partial charge in [-0.3, -0.25) is 10.1 Å². The minimum Gasteiger partial charge on any atom is -0.282 e. The Morgan fingerprint density at radius 1 is 1.05 bits per heavy atom. The molecule has 0 aliphatic carbocycles. The highest BCUT2D eigenvalue weighted by Gasteiger charge is 2.02. The third-order valence-corrected chi connectivity index (χ3v) is 3.92. The maximum absolute atomic E-state index is 4.45. The standard InChI is InChI=1S/C16H15N3S/c1-11-9-16(19-18-11)15-8-5-13(10-17-15)4-7-14-6-3-12(2)20-14/h3-10H,1-2H3,(H,18,19)/b7-4+. The first-order valence-electron chi connectivity index (χ1n) is 6.44. The molecule has 0 radical (unpaired) electrons. The number of nitrogens with zero attached hydrogens (tertiary/aromatic N) is 2.